The molecule has 17 heavy (non-hydrogen) atoms. The Labute approximate surface area is 104 Å². The molecule has 0 bridgehead atoms. The average Bonchev–Trinajstić information content (AvgIpc) is 2.58. The van der Waals surface area contributed by atoms with E-state index in [0.717, 1.165) is 12.8 Å². The number of nitrogens with two attached hydrogens (primary N) is 1. The molecule has 0 amide bonds. The van der Waals surface area contributed by atoms with Gasteiger partial charge in [0.05, 0.1) is 0 Å². The van der Waals surface area contributed by atoms with Crippen LogP contribution in [-0.2, 0) is 6.42 Å². The molecule has 2 heteroatoms. The minimum Gasteiger partial charge on any atom is -0.372 e. The summed E-state index contributed by atoms with van der Waals surface area (Å²) >= 11 is 0. The first-order valence-corrected chi connectivity index (χ1v) is 6.98. The monoisotopic (exact) mass is 230 g/mol. The van der Waals surface area contributed by atoms with Crippen LogP contribution >= 0.6 is 0 Å². The van der Waals surface area contributed by atoms with Gasteiger partial charge in [-0.2, -0.15) is 0 Å². The molecule has 1 aromatic rings. The van der Waals surface area contributed by atoms with Crippen LogP contribution < -0.4 is 10.6 Å². The fourth-order valence-corrected chi connectivity index (χ4v) is 3.16. The SMILES string of the molecule is N[C@H]1CCc2cc(N3CCCCCC3)ccc21. The first kappa shape index (κ1) is 11.1. The highest BCUT2D eigenvalue weighted by atomic mass is 15.1. The van der Waals surface area contributed by atoms with E-state index < -0.39 is 0 Å². The van der Waals surface area contributed by atoms with Gasteiger partial charge in [-0.1, -0.05) is 18.9 Å². The summed E-state index contributed by atoms with van der Waals surface area (Å²) in [7, 11) is 0. The number of hydrogen-bond acceptors (Lipinski definition) is 2. The van der Waals surface area contributed by atoms with Crippen molar-refractivity contribution in [3.63, 3.8) is 0 Å². The number of aryl methyl sites for hydroxylation is 1. The van der Waals surface area contributed by atoms with Gasteiger partial charge in [0.25, 0.3) is 0 Å². The molecule has 1 aliphatic carbocycles. The largest absolute Gasteiger partial charge is 0.372 e. The maximum atomic E-state index is 6.09. The lowest BCUT2D eigenvalue weighted by molar-refractivity contribution is 0.713. The fraction of sp³-hybridized carbons (Fsp3) is 0.600. The summed E-state index contributed by atoms with van der Waals surface area (Å²) in [4.78, 5) is 2.55. The Bertz CT molecular complexity index is 392. The van der Waals surface area contributed by atoms with Crippen LogP contribution in [0.5, 0.6) is 0 Å². The summed E-state index contributed by atoms with van der Waals surface area (Å²) in [6, 6.07) is 7.19. The number of fused-ring (bicyclic) bond motifs is 1. The minimum absolute atomic E-state index is 0.281. The highest BCUT2D eigenvalue weighted by Gasteiger charge is 2.20. The summed E-state index contributed by atoms with van der Waals surface area (Å²) in [6.45, 7) is 2.45. The molecule has 0 spiro atoms. The molecule has 1 aromatic carbocycles. The van der Waals surface area contributed by atoms with Crippen LogP contribution in [0.15, 0.2) is 18.2 Å². The molecule has 0 saturated carbocycles. The molecule has 1 saturated heterocycles. The first-order valence-electron chi connectivity index (χ1n) is 6.98. The second-order valence-corrected chi connectivity index (χ2v) is 5.43. The molecule has 1 atom stereocenters. The normalized spacial score (nSPS) is 24.5. The quantitative estimate of drug-likeness (QED) is 0.803. The van der Waals surface area contributed by atoms with E-state index in [9.17, 15) is 0 Å². The third-order valence-electron chi connectivity index (χ3n) is 4.22. The molecular formula is C15H22N2. The second kappa shape index (κ2) is 4.69. The van der Waals surface area contributed by atoms with Gasteiger partial charge in [0, 0.05) is 24.8 Å². The number of benzene rings is 1. The van der Waals surface area contributed by atoms with E-state index in [1.165, 1.54) is 55.6 Å². The Morgan fingerprint density at radius 1 is 1.06 bits per heavy atom. The lowest BCUT2D eigenvalue weighted by Gasteiger charge is -2.23. The summed E-state index contributed by atoms with van der Waals surface area (Å²) in [5.41, 5.74) is 10.4. The number of rotatable bonds is 1. The van der Waals surface area contributed by atoms with Gasteiger partial charge in [0.15, 0.2) is 0 Å². The average molecular weight is 230 g/mol. The molecule has 2 nitrogen and oxygen atoms in total. The summed E-state index contributed by atoms with van der Waals surface area (Å²) in [5.74, 6) is 0. The highest BCUT2D eigenvalue weighted by molar-refractivity contribution is 5.53. The van der Waals surface area contributed by atoms with Gasteiger partial charge in [0.1, 0.15) is 0 Å². The zero-order valence-electron chi connectivity index (χ0n) is 10.5. The lowest BCUT2D eigenvalue weighted by Crippen LogP contribution is -2.23. The van der Waals surface area contributed by atoms with Gasteiger partial charge >= 0.3 is 0 Å². The van der Waals surface area contributed by atoms with Crippen molar-refractivity contribution in [1.82, 2.24) is 0 Å². The van der Waals surface area contributed by atoms with Gasteiger partial charge in [-0.25, -0.2) is 0 Å². The predicted molar refractivity (Wildman–Crippen MR) is 72.4 cm³/mol. The zero-order chi connectivity index (χ0) is 11.7. The molecule has 1 heterocycles. The van der Waals surface area contributed by atoms with E-state index in [1.54, 1.807) is 0 Å². The summed E-state index contributed by atoms with van der Waals surface area (Å²) in [5, 5.41) is 0. The summed E-state index contributed by atoms with van der Waals surface area (Å²) in [6.07, 6.45) is 7.77. The molecular weight excluding hydrogens is 208 g/mol. The van der Waals surface area contributed by atoms with Crippen molar-refractivity contribution < 1.29 is 0 Å². The van der Waals surface area contributed by atoms with Gasteiger partial charge in [0.2, 0.25) is 0 Å². The van der Waals surface area contributed by atoms with Crippen LogP contribution in [0.3, 0.4) is 0 Å². The minimum atomic E-state index is 0.281. The number of anilines is 1. The predicted octanol–water partition coefficient (Wildman–Crippen LogP) is 3.01. The standard InChI is InChI=1S/C15H22N2/c16-15-8-5-12-11-13(6-7-14(12)15)17-9-3-1-2-4-10-17/h6-7,11,15H,1-5,8-10,16H2/t15-/m0/s1. The van der Waals surface area contributed by atoms with Crippen molar-refractivity contribution in [3.8, 4) is 0 Å². The van der Waals surface area contributed by atoms with Gasteiger partial charge in [-0.05, 0) is 48.9 Å². The fourth-order valence-electron chi connectivity index (χ4n) is 3.16. The van der Waals surface area contributed by atoms with Crippen molar-refractivity contribution >= 4 is 5.69 Å². The van der Waals surface area contributed by atoms with Crippen molar-refractivity contribution in [2.75, 3.05) is 18.0 Å². The molecule has 2 N–H and O–H groups in total. The smallest absolute Gasteiger partial charge is 0.0369 e. The van der Waals surface area contributed by atoms with Crippen LogP contribution in [0.25, 0.3) is 0 Å². The molecule has 0 radical (unpaired) electrons. The van der Waals surface area contributed by atoms with E-state index in [0.29, 0.717) is 0 Å². The van der Waals surface area contributed by atoms with Crippen LogP contribution in [0.1, 0.15) is 49.3 Å². The molecule has 0 aromatic heterocycles. The Hall–Kier alpha value is -1.02. The van der Waals surface area contributed by atoms with Crippen LogP contribution in [0.4, 0.5) is 5.69 Å². The topological polar surface area (TPSA) is 29.3 Å². The van der Waals surface area contributed by atoms with Gasteiger partial charge in [-0.15, -0.1) is 0 Å². The van der Waals surface area contributed by atoms with E-state index in [-0.39, 0.29) is 6.04 Å². The van der Waals surface area contributed by atoms with E-state index in [4.69, 9.17) is 5.73 Å². The highest BCUT2D eigenvalue weighted by Crippen LogP contribution is 2.32. The Balaban J connectivity index is 1.83. The van der Waals surface area contributed by atoms with Crippen molar-refractivity contribution in [1.29, 1.82) is 0 Å². The Morgan fingerprint density at radius 2 is 1.82 bits per heavy atom. The van der Waals surface area contributed by atoms with Crippen molar-refractivity contribution in [2.24, 2.45) is 5.73 Å². The van der Waals surface area contributed by atoms with Crippen molar-refractivity contribution in [2.45, 2.75) is 44.6 Å². The third-order valence-corrected chi connectivity index (χ3v) is 4.22. The molecule has 92 valence electrons. The number of hydrogen-bond donors (Lipinski definition) is 1. The van der Waals surface area contributed by atoms with Crippen LogP contribution in [0.2, 0.25) is 0 Å². The van der Waals surface area contributed by atoms with E-state index in [2.05, 4.69) is 23.1 Å². The van der Waals surface area contributed by atoms with E-state index >= 15 is 0 Å². The van der Waals surface area contributed by atoms with E-state index in [1.807, 2.05) is 0 Å². The molecule has 1 fully saturated rings. The molecule has 2 aliphatic rings. The molecule has 3 rings (SSSR count). The summed E-state index contributed by atoms with van der Waals surface area (Å²) < 4.78 is 0. The third kappa shape index (κ3) is 2.19. The van der Waals surface area contributed by atoms with Crippen molar-refractivity contribution in [3.05, 3.63) is 29.3 Å². The number of nitrogens with zero attached hydrogens (tertiary/aromatic N) is 1. The maximum absolute atomic E-state index is 6.09. The molecule has 0 unspecified atom stereocenters. The Morgan fingerprint density at radius 3 is 2.59 bits per heavy atom. The van der Waals surface area contributed by atoms with Crippen LogP contribution in [-0.4, -0.2) is 13.1 Å². The Kier molecular flexibility index (Phi) is 3.06. The molecule has 1 aliphatic heterocycles. The zero-order valence-corrected chi connectivity index (χ0v) is 10.5. The second-order valence-electron chi connectivity index (χ2n) is 5.43. The van der Waals surface area contributed by atoms with Gasteiger partial charge < -0.3 is 10.6 Å². The maximum Gasteiger partial charge on any atom is 0.0369 e. The lowest BCUT2D eigenvalue weighted by atomic mass is 10.1. The van der Waals surface area contributed by atoms with Gasteiger partial charge in [-0.3, -0.25) is 0 Å². The van der Waals surface area contributed by atoms with Crippen LogP contribution in [0, 0.1) is 0 Å². The first-order chi connectivity index (χ1) is 8.34.